The fourth-order valence-electron chi connectivity index (χ4n) is 6.68. The van der Waals surface area contributed by atoms with Crippen molar-refractivity contribution in [1.29, 1.82) is 0 Å². The van der Waals surface area contributed by atoms with Gasteiger partial charge in [-0.2, -0.15) is 0 Å². The van der Waals surface area contributed by atoms with Crippen LogP contribution < -0.4 is 10.2 Å². The van der Waals surface area contributed by atoms with Gasteiger partial charge in [0.1, 0.15) is 29.9 Å². The second kappa shape index (κ2) is 15.9. The van der Waals surface area contributed by atoms with Gasteiger partial charge in [0.15, 0.2) is 0 Å². The number of aliphatic hydroxyl groups is 1. The SMILES string of the molecule is O=C(COC1(CCc2ccc(C3[C@@H](CCC(O)c4ccc(F)cc4)C(=O)N3c3ccc(F)cc3)cc2)COC1)NC(Cc1ccccc1)C(=O)O. The molecule has 2 amide bonds. The number of nitrogens with one attached hydrogen (secondary N) is 1. The highest BCUT2D eigenvalue weighted by Crippen LogP contribution is 2.46. The van der Waals surface area contributed by atoms with Crippen molar-refractivity contribution in [2.45, 2.75) is 55.9 Å². The van der Waals surface area contributed by atoms with Crippen molar-refractivity contribution in [2.24, 2.45) is 5.92 Å². The molecule has 9 nitrogen and oxygen atoms in total. The maximum absolute atomic E-state index is 13.7. The number of benzene rings is 4. The number of aliphatic carboxylic acids is 1. The molecule has 6 rings (SSSR count). The number of amides is 2. The fourth-order valence-corrected chi connectivity index (χ4v) is 6.68. The Morgan fingerprint density at radius 3 is 2.16 bits per heavy atom. The monoisotopic (exact) mass is 698 g/mol. The van der Waals surface area contributed by atoms with E-state index in [4.69, 9.17) is 9.47 Å². The molecule has 51 heavy (non-hydrogen) atoms. The molecule has 2 fully saturated rings. The standard InChI is InChI=1S/C40H40F2N2O7/c41-30-12-10-28(11-13-30)35(45)19-18-33-37(44(38(33)47)32-16-14-31(42)15-17-32)29-8-6-26(7-9-29)20-21-40(24-50-25-40)51-23-36(46)43-34(39(48)49)22-27-4-2-1-3-5-27/h1-17,33-35,37,45H,18-25H2,(H,43,46)(H,48,49)/t33-,34?,35?,37?/m1/s1. The van der Waals surface area contributed by atoms with E-state index in [1.807, 2.05) is 42.5 Å². The average Bonchev–Trinajstić information content (AvgIpc) is 3.11. The van der Waals surface area contributed by atoms with Crippen molar-refractivity contribution < 1.29 is 42.9 Å². The number of carbonyl (C=O) groups is 3. The molecule has 4 aromatic rings. The Morgan fingerprint density at radius 2 is 1.55 bits per heavy atom. The predicted octanol–water partition coefficient (Wildman–Crippen LogP) is 5.71. The van der Waals surface area contributed by atoms with E-state index in [0.717, 1.165) is 16.7 Å². The Morgan fingerprint density at radius 1 is 0.902 bits per heavy atom. The third-order valence-corrected chi connectivity index (χ3v) is 9.67. The summed E-state index contributed by atoms with van der Waals surface area (Å²) in [6.45, 7) is 0.326. The number of carboxylic acids is 1. The first-order chi connectivity index (χ1) is 24.6. The average molecular weight is 699 g/mol. The van der Waals surface area contributed by atoms with Crippen molar-refractivity contribution in [3.63, 3.8) is 0 Å². The van der Waals surface area contributed by atoms with Crippen LogP contribution in [0.4, 0.5) is 14.5 Å². The molecule has 0 aliphatic carbocycles. The van der Waals surface area contributed by atoms with Crippen LogP contribution in [0, 0.1) is 17.6 Å². The maximum Gasteiger partial charge on any atom is 0.326 e. The molecule has 4 atom stereocenters. The zero-order valence-corrected chi connectivity index (χ0v) is 27.9. The van der Waals surface area contributed by atoms with Gasteiger partial charge in [-0.05, 0) is 84.3 Å². The summed E-state index contributed by atoms with van der Waals surface area (Å²) in [6.07, 6.45) is 1.19. The maximum atomic E-state index is 13.7. The van der Waals surface area contributed by atoms with E-state index in [2.05, 4.69) is 5.32 Å². The van der Waals surface area contributed by atoms with Crippen LogP contribution in [-0.4, -0.2) is 59.5 Å². The molecule has 3 N–H and O–H groups in total. The van der Waals surface area contributed by atoms with E-state index >= 15 is 0 Å². The molecule has 0 radical (unpaired) electrons. The molecule has 2 heterocycles. The van der Waals surface area contributed by atoms with Crippen LogP contribution in [0.2, 0.25) is 0 Å². The van der Waals surface area contributed by atoms with Gasteiger partial charge in [-0.3, -0.25) is 9.59 Å². The lowest BCUT2D eigenvalue weighted by Crippen LogP contribution is -2.55. The smallest absolute Gasteiger partial charge is 0.326 e. The van der Waals surface area contributed by atoms with Crippen molar-refractivity contribution in [3.05, 3.63) is 137 Å². The van der Waals surface area contributed by atoms with Crippen molar-refractivity contribution in [1.82, 2.24) is 5.32 Å². The molecule has 266 valence electrons. The van der Waals surface area contributed by atoms with E-state index in [0.29, 0.717) is 50.1 Å². The lowest BCUT2D eigenvalue weighted by molar-refractivity contribution is -0.212. The summed E-state index contributed by atoms with van der Waals surface area (Å²) in [7, 11) is 0. The number of β-lactam (4-membered cyclic amide) rings is 1. The molecule has 0 spiro atoms. The van der Waals surface area contributed by atoms with Gasteiger partial charge in [0, 0.05) is 12.1 Å². The number of anilines is 1. The number of halogens is 2. The molecule has 2 aliphatic rings. The minimum Gasteiger partial charge on any atom is -0.480 e. The molecule has 0 bridgehead atoms. The first-order valence-corrected chi connectivity index (χ1v) is 17.0. The lowest BCUT2D eigenvalue weighted by atomic mass is 9.78. The van der Waals surface area contributed by atoms with Crippen molar-refractivity contribution in [2.75, 3.05) is 24.7 Å². The van der Waals surface area contributed by atoms with Crippen LogP contribution in [0.15, 0.2) is 103 Å². The number of rotatable bonds is 16. The van der Waals surface area contributed by atoms with Crippen LogP contribution in [0.25, 0.3) is 0 Å². The first kappa shape index (κ1) is 35.8. The molecule has 3 unspecified atom stereocenters. The van der Waals surface area contributed by atoms with E-state index in [9.17, 15) is 33.4 Å². The Kier molecular flexibility index (Phi) is 11.2. The van der Waals surface area contributed by atoms with Crippen LogP contribution in [0.1, 0.15) is 53.7 Å². The molecule has 0 aromatic heterocycles. The largest absolute Gasteiger partial charge is 0.480 e. The summed E-state index contributed by atoms with van der Waals surface area (Å²) in [5.41, 5.74) is 3.17. The summed E-state index contributed by atoms with van der Waals surface area (Å²) >= 11 is 0. The van der Waals surface area contributed by atoms with E-state index in [-0.39, 0.29) is 25.0 Å². The lowest BCUT2D eigenvalue weighted by Gasteiger charge is -2.48. The number of ether oxygens (including phenoxy) is 2. The Balaban J connectivity index is 1.07. The molecular formula is C40H40F2N2O7. The van der Waals surface area contributed by atoms with Gasteiger partial charge in [-0.1, -0.05) is 66.7 Å². The van der Waals surface area contributed by atoms with E-state index < -0.39 is 47.2 Å². The van der Waals surface area contributed by atoms with Crippen LogP contribution in [0.5, 0.6) is 0 Å². The first-order valence-electron chi connectivity index (χ1n) is 17.0. The Hall–Kier alpha value is -4.97. The molecular weight excluding hydrogens is 658 g/mol. The molecule has 2 aliphatic heterocycles. The minimum absolute atomic E-state index is 0.121. The van der Waals surface area contributed by atoms with Gasteiger partial charge >= 0.3 is 5.97 Å². The predicted molar refractivity (Wildman–Crippen MR) is 185 cm³/mol. The fraction of sp³-hybridized carbons (Fsp3) is 0.325. The summed E-state index contributed by atoms with van der Waals surface area (Å²) in [5.74, 6) is -2.98. The minimum atomic E-state index is -1.13. The third-order valence-electron chi connectivity index (χ3n) is 9.67. The van der Waals surface area contributed by atoms with Crippen LogP contribution in [-0.2, 0) is 36.7 Å². The van der Waals surface area contributed by atoms with Gasteiger partial charge in [0.25, 0.3) is 0 Å². The highest BCUT2D eigenvalue weighted by Gasteiger charge is 2.48. The molecule has 0 saturated carbocycles. The number of carbonyl (C=O) groups excluding carboxylic acids is 2. The van der Waals surface area contributed by atoms with Crippen LogP contribution in [0.3, 0.4) is 0 Å². The second-order valence-corrected chi connectivity index (χ2v) is 13.2. The molecule has 2 saturated heterocycles. The third kappa shape index (κ3) is 8.68. The van der Waals surface area contributed by atoms with Crippen molar-refractivity contribution in [3.8, 4) is 0 Å². The summed E-state index contributed by atoms with van der Waals surface area (Å²) in [4.78, 5) is 39.6. The normalized spacial score (nSPS) is 19.0. The van der Waals surface area contributed by atoms with Gasteiger partial charge in [-0.15, -0.1) is 0 Å². The summed E-state index contributed by atoms with van der Waals surface area (Å²) in [6, 6.07) is 27.0. The van der Waals surface area contributed by atoms with Gasteiger partial charge in [0.05, 0.1) is 31.3 Å². The quantitative estimate of drug-likeness (QED) is 0.128. The number of carboxylic acid groups (broad SMARTS) is 1. The van der Waals surface area contributed by atoms with Crippen molar-refractivity contribution >= 4 is 23.5 Å². The van der Waals surface area contributed by atoms with Gasteiger partial charge in [0.2, 0.25) is 11.8 Å². The highest BCUT2D eigenvalue weighted by molar-refractivity contribution is 6.03. The Labute approximate surface area is 294 Å². The Bertz CT molecular complexity index is 1800. The van der Waals surface area contributed by atoms with Crippen LogP contribution >= 0.6 is 0 Å². The zero-order chi connectivity index (χ0) is 36.0. The number of aliphatic hydroxyl groups excluding tert-OH is 1. The molecule has 4 aromatic carbocycles. The van der Waals surface area contributed by atoms with Gasteiger partial charge in [-0.25, -0.2) is 13.6 Å². The van der Waals surface area contributed by atoms with E-state index in [1.165, 1.54) is 36.4 Å². The highest BCUT2D eigenvalue weighted by atomic mass is 19.1. The number of hydrogen-bond acceptors (Lipinski definition) is 6. The summed E-state index contributed by atoms with van der Waals surface area (Å²) < 4.78 is 38.6. The summed E-state index contributed by atoms with van der Waals surface area (Å²) in [5, 5.41) is 22.9. The number of hydrogen-bond donors (Lipinski definition) is 3. The number of aryl methyl sites for hydroxylation is 1. The molecule has 11 heteroatoms. The number of nitrogens with zero attached hydrogens (tertiary/aromatic N) is 1. The second-order valence-electron chi connectivity index (χ2n) is 13.2. The topological polar surface area (TPSA) is 125 Å². The van der Waals surface area contributed by atoms with E-state index in [1.54, 1.807) is 29.2 Å². The zero-order valence-electron chi connectivity index (χ0n) is 27.9. The van der Waals surface area contributed by atoms with Gasteiger partial charge < -0.3 is 29.9 Å².